The number of carbonyl (C=O) groups is 1. The number of carbonyl (C=O) groups excluding carboxylic acids is 1. The van der Waals surface area contributed by atoms with Gasteiger partial charge in [-0.2, -0.15) is 0 Å². The van der Waals surface area contributed by atoms with Gasteiger partial charge < -0.3 is 15.4 Å². The molecule has 0 aliphatic heterocycles. The Morgan fingerprint density at radius 3 is 2.48 bits per heavy atom. The fourth-order valence-corrected chi connectivity index (χ4v) is 2.97. The third-order valence-electron chi connectivity index (χ3n) is 4.34. The smallest absolute Gasteiger partial charge is 0.274 e. The van der Waals surface area contributed by atoms with Gasteiger partial charge in [-0.05, 0) is 61.7 Å². The molecule has 0 aliphatic rings. The zero-order valence-electron chi connectivity index (χ0n) is 17.2. The third-order valence-corrected chi connectivity index (χ3v) is 4.34. The van der Waals surface area contributed by atoms with Crippen molar-refractivity contribution in [1.29, 1.82) is 0 Å². The minimum Gasteiger partial charge on any atom is -0.494 e. The van der Waals surface area contributed by atoms with Gasteiger partial charge in [0.05, 0.1) is 6.61 Å². The molecule has 0 unspecified atom stereocenters. The van der Waals surface area contributed by atoms with Crippen molar-refractivity contribution in [2.24, 2.45) is 0 Å². The number of aromatic nitrogens is 2. The minimum absolute atomic E-state index is 0.265. The summed E-state index contributed by atoms with van der Waals surface area (Å²) in [5.74, 6) is 1.21. The second kappa shape index (κ2) is 9.19. The summed E-state index contributed by atoms with van der Waals surface area (Å²) in [4.78, 5) is 21.6. The molecule has 1 heterocycles. The van der Waals surface area contributed by atoms with Crippen LogP contribution in [-0.4, -0.2) is 22.5 Å². The SMILES string of the molecule is CCOc1ccc(Nc2nc(C)cc(C(=O)Nc3ccccc3C(C)C)n2)cc1. The van der Waals surface area contributed by atoms with Gasteiger partial charge in [-0.3, -0.25) is 4.79 Å². The molecule has 150 valence electrons. The van der Waals surface area contributed by atoms with Gasteiger partial charge in [0.25, 0.3) is 5.91 Å². The lowest BCUT2D eigenvalue weighted by atomic mass is 10.0. The summed E-state index contributed by atoms with van der Waals surface area (Å²) in [6, 6.07) is 17.0. The average Bonchev–Trinajstić information content (AvgIpc) is 2.69. The molecule has 1 amide bonds. The normalized spacial score (nSPS) is 10.7. The number of para-hydroxylation sites is 1. The number of amides is 1. The number of nitrogens with one attached hydrogen (secondary N) is 2. The Hall–Kier alpha value is -3.41. The van der Waals surface area contributed by atoms with E-state index in [0.29, 0.717) is 29.9 Å². The van der Waals surface area contributed by atoms with Crippen molar-refractivity contribution in [1.82, 2.24) is 9.97 Å². The molecule has 0 bridgehead atoms. The fourth-order valence-electron chi connectivity index (χ4n) is 2.97. The number of nitrogens with zero attached hydrogens (tertiary/aromatic N) is 2. The van der Waals surface area contributed by atoms with E-state index >= 15 is 0 Å². The fraction of sp³-hybridized carbons (Fsp3) is 0.261. The van der Waals surface area contributed by atoms with E-state index in [1.54, 1.807) is 6.07 Å². The maximum atomic E-state index is 12.8. The molecule has 0 radical (unpaired) electrons. The predicted molar refractivity (Wildman–Crippen MR) is 116 cm³/mol. The van der Waals surface area contributed by atoms with Crippen LogP contribution in [0, 0.1) is 6.92 Å². The molecule has 0 spiro atoms. The molecule has 2 aromatic carbocycles. The van der Waals surface area contributed by atoms with Crippen LogP contribution in [0.15, 0.2) is 54.6 Å². The van der Waals surface area contributed by atoms with Crippen molar-refractivity contribution < 1.29 is 9.53 Å². The van der Waals surface area contributed by atoms with Gasteiger partial charge in [-0.15, -0.1) is 0 Å². The molecule has 3 aromatic rings. The van der Waals surface area contributed by atoms with E-state index in [9.17, 15) is 4.79 Å². The van der Waals surface area contributed by atoms with E-state index in [-0.39, 0.29) is 5.91 Å². The molecule has 6 nitrogen and oxygen atoms in total. The summed E-state index contributed by atoms with van der Waals surface area (Å²) in [5.41, 5.74) is 3.71. The molecule has 0 atom stereocenters. The summed E-state index contributed by atoms with van der Waals surface area (Å²) in [6.45, 7) is 8.59. The Morgan fingerprint density at radius 2 is 1.79 bits per heavy atom. The number of ether oxygens (including phenoxy) is 1. The molecule has 0 aliphatic carbocycles. The van der Waals surface area contributed by atoms with E-state index in [2.05, 4.69) is 34.4 Å². The van der Waals surface area contributed by atoms with Crippen LogP contribution in [0.5, 0.6) is 5.75 Å². The van der Waals surface area contributed by atoms with Gasteiger partial charge in [-0.25, -0.2) is 9.97 Å². The highest BCUT2D eigenvalue weighted by Crippen LogP contribution is 2.24. The maximum absolute atomic E-state index is 12.8. The van der Waals surface area contributed by atoms with Crippen LogP contribution in [0.1, 0.15) is 48.4 Å². The zero-order valence-corrected chi connectivity index (χ0v) is 17.2. The third kappa shape index (κ3) is 5.31. The maximum Gasteiger partial charge on any atom is 0.274 e. The predicted octanol–water partition coefficient (Wildman–Crippen LogP) is 5.30. The monoisotopic (exact) mass is 390 g/mol. The van der Waals surface area contributed by atoms with E-state index in [1.165, 1.54) is 0 Å². The molecule has 29 heavy (non-hydrogen) atoms. The number of hydrogen-bond donors (Lipinski definition) is 2. The highest BCUT2D eigenvalue weighted by atomic mass is 16.5. The highest BCUT2D eigenvalue weighted by molar-refractivity contribution is 6.03. The lowest BCUT2D eigenvalue weighted by Gasteiger charge is -2.14. The Morgan fingerprint density at radius 1 is 1.07 bits per heavy atom. The Kier molecular flexibility index (Phi) is 6.44. The summed E-state index contributed by atoms with van der Waals surface area (Å²) in [5, 5.41) is 6.12. The number of aryl methyl sites for hydroxylation is 1. The van der Waals surface area contributed by atoms with Crippen LogP contribution < -0.4 is 15.4 Å². The first-order valence-electron chi connectivity index (χ1n) is 9.72. The van der Waals surface area contributed by atoms with Crippen LogP contribution in [0.25, 0.3) is 0 Å². The first-order valence-corrected chi connectivity index (χ1v) is 9.72. The first kappa shape index (κ1) is 20.3. The van der Waals surface area contributed by atoms with E-state index in [0.717, 1.165) is 22.7 Å². The second-order valence-corrected chi connectivity index (χ2v) is 7.00. The standard InChI is InChI=1S/C23H26N4O2/c1-5-29-18-12-10-17(11-13-18)25-23-24-16(4)14-21(27-23)22(28)26-20-9-7-6-8-19(20)15(2)3/h6-15H,5H2,1-4H3,(H,26,28)(H,24,25,27). The average molecular weight is 390 g/mol. The summed E-state index contributed by atoms with van der Waals surface area (Å²) >= 11 is 0. The topological polar surface area (TPSA) is 76.1 Å². The summed E-state index contributed by atoms with van der Waals surface area (Å²) < 4.78 is 5.45. The molecular weight excluding hydrogens is 364 g/mol. The zero-order chi connectivity index (χ0) is 20.8. The molecule has 1 aromatic heterocycles. The molecular formula is C23H26N4O2. The van der Waals surface area contributed by atoms with Crippen molar-refractivity contribution in [2.75, 3.05) is 17.2 Å². The second-order valence-electron chi connectivity index (χ2n) is 7.00. The van der Waals surface area contributed by atoms with E-state index in [1.807, 2.05) is 62.4 Å². The van der Waals surface area contributed by atoms with Crippen molar-refractivity contribution in [3.05, 3.63) is 71.5 Å². The Bertz CT molecular complexity index is 984. The number of hydrogen-bond acceptors (Lipinski definition) is 5. The van der Waals surface area contributed by atoms with Crippen LogP contribution in [0.3, 0.4) is 0 Å². The number of benzene rings is 2. The van der Waals surface area contributed by atoms with Gasteiger partial charge in [0, 0.05) is 17.1 Å². The van der Waals surface area contributed by atoms with Crippen molar-refractivity contribution in [2.45, 2.75) is 33.6 Å². The van der Waals surface area contributed by atoms with Crippen LogP contribution in [0.2, 0.25) is 0 Å². The highest BCUT2D eigenvalue weighted by Gasteiger charge is 2.14. The van der Waals surface area contributed by atoms with E-state index < -0.39 is 0 Å². The Labute approximate surface area is 171 Å². The van der Waals surface area contributed by atoms with E-state index in [4.69, 9.17) is 4.74 Å². The lowest BCUT2D eigenvalue weighted by Crippen LogP contribution is -2.16. The Balaban J connectivity index is 1.79. The molecule has 2 N–H and O–H groups in total. The summed E-state index contributed by atoms with van der Waals surface area (Å²) in [7, 11) is 0. The minimum atomic E-state index is -0.265. The first-order chi connectivity index (χ1) is 14.0. The van der Waals surface area contributed by atoms with Crippen LogP contribution >= 0.6 is 0 Å². The molecule has 6 heteroatoms. The van der Waals surface area contributed by atoms with Gasteiger partial charge in [-0.1, -0.05) is 32.0 Å². The van der Waals surface area contributed by atoms with Gasteiger partial charge in [0.1, 0.15) is 11.4 Å². The van der Waals surface area contributed by atoms with Gasteiger partial charge in [0.2, 0.25) is 5.95 Å². The van der Waals surface area contributed by atoms with Crippen LogP contribution in [-0.2, 0) is 0 Å². The summed E-state index contributed by atoms with van der Waals surface area (Å²) in [6.07, 6.45) is 0. The van der Waals surface area contributed by atoms with Gasteiger partial charge >= 0.3 is 0 Å². The van der Waals surface area contributed by atoms with Crippen LogP contribution in [0.4, 0.5) is 17.3 Å². The number of anilines is 3. The quantitative estimate of drug-likeness (QED) is 0.572. The van der Waals surface area contributed by atoms with Gasteiger partial charge in [0.15, 0.2) is 0 Å². The number of rotatable bonds is 7. The molecule has 0 saturated heterocycles. The molecule has 0 fully saturated rings. The lowest BCUT2D eigenvalue weighted by molar-refractivity contribution is 0.102. The largest absolute Gasteiger partial charge is 0.494 e. The molecule has 3 rings (SSSR count). The van der Waals surface area contributed by atoms with Crippen molar-refractivity contribution >= 4 is 23.2 Å². The van der Waals surface area contributed by atoms with Crippen molar-refractivity contribution in [3.63, 3.8) is 0 Å². The molecule has 0 saturated carbocycles. The van der Waals surface area contributed by atoms with Crippen molar-refractivity contribution in [3.8, 4) is 5.75 Å².